The van der Waals surface area contributed by atoms with Gasteiger partial charge in [-0.1, -0.05) is 19.1 Å². The van der Waals surface area contributed by atoms with Gasteiger partial charge in [0.15, 0.2) is 0 Å². The van der Waals surface area contributed by atoms with Gasteiger partial charge in [-0.3, -0.25) is 9.97 Å². The molecule has 0 amide bonds. The maximum absolute atomic E-state index is 6.40. The molecule has 5 nitrogen and oxygen atoms in total. The van der Waals surface area contributed by atoms with E-state index in [0.29, 0.717) is 6.42 Å². The van der Waals surface area contributed by atoms with Crippen molar-refractivity contribution >= 4 is 11.0 Å². The highest BCUT2D eigenvalue weighted by atomic mass is 15.1. The van der Waals surface area contributed by atoms with Crippen molar-refractivity contribution in [3.8, 4) is 0 Å². The molecule has 0 saturated carbocycles. The van der Waals surface area contributed by atoms with E-state index in [1.807, 2.05) is 30.6 Å². The number of para-hydroxylation sites is 1. The summed E-state index contributed by atoms with van der Waals surface area (Å²) in [6, 6.07) is 5.82. The van der Waals surface area contributed by atoms with Crippen molar-refractivity contribution in [1.82, 2.24) is 19.5 Å². The summed E-state index contributed by atoms with van der Waals surface area (Å²) in [5, 5.41) is 0. The van der Waals surface area contributed by atoms with Crippen LogP contribution in [0.1, 0.15) is 30.8 Å². The van der Waals surface area contributed by atoms with E-state index in [0.717, 1.165) is 35.4 Å². The van der Waals surface area contributed by atoms with Gasteiger partial charge in [0.2, 0.25) is 0 Å². The Morgan fingerprint density at radius 2 is 2.00 bits per heavy atom. The number of hydrogen-bond acceptors (Lipinski definition) is 4. The van der Waals surface area contributed by atoms with Gasteiger partial charge in [-0.15, -0.1) is 0 Å². The van der Waals surface area contributed by atoms with E-state index < -0.39 is 0 Å². The predicted octanol–water partition coefficient (Wildman–Crippen LogP) is 2.48. The Morgan fingerprint density at radius 1 is 1.14 bits per heavy atom. The molecule has 0 aliphatic rings. The molecule has 108 valence electrons. The number of fused-ring (bicyclic) bond motifs is 1. The van der Waals surface area contributed by atoms with Crippen LogP contribution in [-0.2, 0) is 13.0 Å². The summed E-state index contributed by atoms with van der Waals surface area (Å²) in [6.45, 7) is 3.13. The number of hydrogen-bond donors (Lipinski definition) is 1. The van der Waals surface area contributed by atoms with E-state index in [1.165, 1.54) is 0 Å². The molecule has 1 aromatic carbocycles. The van der Waals surface area contributed by atoms with Crippen LogP contribution in [0.15, 0.2) is 43.0 Å². The second-order valence-electron chi connectivity index (χ2n) is 5.12. The van der Waals surface area contributed by atoms with E-state index in [2.05, 4.69) is 26.4 Å². The summed E-state index contributed by atoms with van der Waals surface area (Å²) < 4.78 is 2.16. The maximum atomic E-state index is 6.40. The first kappa shape index (κ1) is 13.7. The molecule has 3 rings (SSSR count). The molecule has 0 radical (unpaired) electrons. The number of rotatable bonds is 5. The number of nitrogens with two attached hydrogens (primary N) is 1. The van der Waals surface area contributed by atoms with E-state index in [9.17, 15) is 0 Å². The average molecular weight is 281 g/mol. The summed E-state index contributed by atoms with van der Waals surface area (Å²) in [4.78, 5) is 13.2. The van der Waals surface area contributed by atoms with Crippen LogP contribution in [0.4, 0.5) is 0 Å². The van der Waals surface area contributed by atoms with Crippen LogP contribution in [0.5, 0.6) is 0 Å². The lowest BCUT2D eigenvalue weighted by Gasteiger charge is -2.14. The summed E-state index contributed by atoms with van der Waals surface area (Å²) >= 11 is 0. The van der Waals surface area contributed by atoms with Crippen LogP contribution in [0.25, 0.3) is 11.0 Å². The molecule has 21 heavy (non-hydrogen) atoms. The van der Waals surface area contributed by atoms with Gasteiger partial charge in [0.1, 0.15) is 5.82 Å². The number of benzene rings is 1. The van der Waals surface area contributed by atoms with E-state index in [-0.39, 0.29) is 6.04 Å². The molecule has 5 heteroatoms. The predicted molar refractivity (Wildman–Crippen MR) is 82.7 cm³/mol. The molecule has 2 heterocycles. The lowest BCUT2D eigenvalue weighted by molar-refractivity contribution is 0.600. The Kier molecular flexibility index (Phi) is 3.92. The monoisotopic (exact) mass is 281 g/mol. The van der Waals surface area contributed by atoms with Crippen molar-refractivity contribution in [2.45, 2.75) is 32.4 Å². The molecule has 1 atom stereocenters. The second kappa shape index (κ2) is 6.01. The fourth-order valence-electron chi connectivity index (χ4n) is 2.60. The molecular weight excluding hydrogens is 262 g/mol. The van der Waals surface area contributed by atoms with E-state index in [4.69, 9.17) is 5.73 Å². The third kappa shape index (κ3) is 2.78. The zero-order valence-corrected chi connectivity index (χ0v) is 12.1. The minimum atomic E-state index is -0.136. The van der Waals surface area contributed by atoms with Gasteiger partial charge < -0.3 is 10.3 Å². The molecule has 0 aliphatic heterocycles. The van der Waals surface area contributed by atoms with Crippen LogP contribution in [0.3, 0.4) is 0 Å². The lowest BCUT2D eigenvalue weighted by atomic mass is 10.0. The van der Waals surface area contributed by atoms with Crippen LogP contribution in [-0.4, -0.2) is 19.5 Å². The SMILES string of the molecule is CCCn1ccnc1CC(N)c1cccc2nccnc12. The van der Waals surface area contributed by atoms with Crippen LogP contribution in [0.2, 0.25) is 0 Å². The van der Waals surface area contributed by atoms with Crippen LogP contribution < -0.4 is 5.73 Å². The fraction of sp³-hybridized carbons (Fsp3) is 0.312. The van der Waals surface area contributed by atoms with Gasteiger partial charge >= 0.3 is 0 Å². The molecular formula is C16H19N5. The highest BCUT2D eigenvalue weighted by Crippen LogP contribution is 2.22. The molecule has 0 saturated heterocycles. The van der Waals surface area contributed by atoms with E-state index >= 15 is 0 Å². The quantitative estimate of drug-likeness (QED) is 0.780. The average Bonchev–Trinajstić information content (AvgIpc) is 2.94. The highest BCUT2D eigenvalue weighted by molar-refractivity contribution is 5.78. The largest absolute Gasteiger partial charge is 0.335 e. The molecule has 0 bridgehead atoms. The Hall–Kier alpha value is -2.27. The van der Waals surface area contributed by atoms with Gasteiger partial charge in [0.25, 0.3) is 0 Å². The topological polar surface area (TPSA) is 69.6 Å². The molecule has 2 N–H and O–H groups in total. The standard InChI is InChI=1S/C16H19N5/c1-2-9-21-10-8-19-15(21)11-13(17)12-4-3-5-14-16(12)20-7-6-18-14/h3-8,10,13H,2,9,11,17H2,1H3. The summed E-state index contributed by atoms with van der Waals surface area (Å²) in [7, 11) is 0. The number of aromatic nitrogens is 4. The minimum absolute atomic E-state index is 0.136. The third-order valence-electron chi connectivity index (χ3n) is 3.60. The van der Waals surface area contributed by atoms with E-state index in [1.54, 1.807) is 12.4 Å². The van der Waals surface area contributed by atoms with Crippen molar-refractivity contribution in [3.05, 3.63) is 54.4 Å². The summed E-state index contributed by atoms with van der Waals surface area (Å²) in [6.07, 6.45) is 9.03. The van der Waals surface area contributed by atoms with Gasteiger partial charge in [0, 0.05) is 43.8 Å². The lowest BCUT2D eigenvalue weighted by Crippen LogP contribution is -2.17. The number of nitrogens with zero attached hydrogens (tertiary/aromatic N) is 4. The van der Waals surface area contributed by atoms with Crippen molar-refractivity contribution < 1.29 is 0 Å². The van der Waals surface area contributed by atoms with Crippen molar-refractivity contribution in [2.24, 2.45) is 5.73 Å². The van der Waals surface area contributed by atoms with Gasteiger partial charge in [0.05, 0.1) is 11.0 Å². The molecule has 3 aromatic rings. The minimum Gasteiger partial charge on any atom is -0.335 e. The van der Waals surface area contributed by atoms with Crippen molar-refractivity contribution in [2.75, 3.05) is 0 Å². The summed E-state index contributed by atoms with van der Waals surface area (Å²) in [5.41, 5.74) is 9.17. The van der Waals surface area contributed by atoms with Gasteiger partial charge in [-0.2, -0.15) is 0 Å². The highest BCUT2D eigenvalue weighted by Gasteiger charge is 2.14. The van der Waals surface area contributed by atoms with Crippen molar-refractivity contribution in [1.29, 1.82) is 0 Å². The first-order chi connectivity index (χ1) is 10.3. The molecule has 2 aromatic heterocycles. The normalized spacial score (nSPS) is 12.7. The summed E-state index contributed by atoms with van der Waals surface area (Å²) in [5.74, 6) is 1.02. The number of imidazole rings is 1. The van der Waals surface area contributed by atoms with Crippen molar-refractivity contribution in [3.63, 3.8) is 0 Å². The Labute approximate surface area is 123 Å². The maximum Gasteiger partial charge on any atom is 0.110 e. The molecule has 0 fully saturated rings. The molecule has 0 spiro atoms. The molecule has 0 aliphatic carbocycles. The Balaban J connectivity index is 1.90. The second-order valence-corrected chi connectivity index (χ2v) is 5.12. The first-order valence-corrected chi connectivity index (χ1v) is 7.25. The van der Waals surface area contributed by atoms with Crippen LogP contribution >= 0.6 is 0 Å². The zero-order valence-electron chi connectivity index (χ0n) is 12.1. The zero-order chi connectivity index (χ0) is 14.7. The Bertz CT molecular complexity index is 729. The first-order valence-electron chi connectivity index (χ1n) is 7.25. The van der Waals surface area contributed by atoms with Crippen LogP contribution in [0, 0.1) is 0 Å². The molecule has 1 unspecified atom stereocenters. The van der Waals surface area contributed by atoms with Gasteiger partial charge in [-0.25, -0.2) is 4.98 Å². The van der Waals surface area contributed by atoms with Gasteiger partial charge in [-0.05, 0) is 18.1 Å². The third-order valence-corrected chi connectivity index (χ3v) is 3.60. The smallest absolute Gasteiger partial charge is 0.110 e. The number of aryl methyl sites for hydroxylation is 1. The fourth-order valence-corrected chi connectivity index (χ4v) is 2.60. The Morgan fingerprint density at radius 3 is 2.86 bits per heavy atom.